The van der Waals surface area contributed by atoms with Crippen molar-refractivity contribution < 1.29 is 13.2 Å². The molecule has 2 heterocycles. The summed E-state index contributed by atoms with van der Waals surface area (Å²) >= 11 is 0. The number of aryl methyl sites for hydroxylation is 4. The van der Waals surface area contributed by atoms with Crippen LogP contribution in [0.1, 0.15) is 41.9 Å². The van der Waals surface area contributed by atoms with Crippen molar-refractivity contribution in [2.24, 2.45) is 0 Å². The van der Waals surface area contributed by atoms with Gasteiger partial charge in [0.25, 0.3) is 0 Å². The summed E-state index contributed by atoms with van der Waals surface area (Å²) in [4.78, 5) is 9.04. The molecule has 0 radical (unpaired) electrons. The van der Waals surface area contributed by atoms with Crippen LogP contribution in [-0.4, -0.2) is 35.8 Å². The molecule has 0 N–H and O–H groups in total. The second-order valence-corrected chi connectivity index (χ2v) is 9.89. The van der Waals surface area contributed by atoms with Crippen molar-refractivity contribution in [3.05, 3.63) is 46.9 Å². The maximum absolute atomic E-state index is 12.0. The van der Waals surface area contributed by atoms with E-state index in [2.05, 4.69) is 14.5 Å². The van der Waals surface area contributed by atoms with E-state index in [0.717, 1.165) is 54.5 Å². The predicted octanol–water partition coefficient (Wildman–Crippen LogP) is 3.80. The lowest BCUT2D eigenvalue weighted by Crippen LogP contribution is -2.11. The van der Waals surface area contributed by atoms with Gasteiger partial charge in [-0.05, 0) is 75.8 Å². The van der Waals surface area contributed by atoms with Crippen LogP contribution in [-0.2, 0) is 29.2 Å². The van der Waals surface area contributed by atoms with Crippen LogP contribution in [0.25, 0.3) is 10.9 Å². The molecule has 1 aliphatic rings. The largest absolute Gasteiger partial charge is 0.463 e. The molecular weight excluding hydrogens is 386 g/mol. The molecule has 2 aromatic heterocycles. The summed E-state index contributed by atoms with van der Waals surface area (Å²) in [6, 6.07) is 7.89. The van der Waals surface area contributed by atoms with E-state index < -0.39 is 9.84 Å². The smallest absolute Gasteiger partial charge is 0.316 e. The van der Waals surface area contributed by atoms with Crippen LogP contribution in [0.3, 0.4) is 0 Å². The van der Waals surface area contributed by atoms with Gasteiger partial charge in [0.15, 0.2) is 9.84 Å². The van der Waals surface area contributed by atoms with Gasteiger partial charge in [0.1, 0.15) is 0 Å². The van der Waals surface area contributed by atoms with E-state index in [1.54, 1.807) is 6.07 Å². The summed E-state index contributed by atoms with van der Waals surface area (Å²) in [5, 5.41) is 1.08. The summed E-state index contributed by atoms with van der Waals surface area (Å²) in [7, 11) is -3.21. The second-order valence-electron chi connectivity index (χ2n) is 7.87. The summed E-state index contributed by atoms with van der Waals surface area (Å²) in [6.45, 7) is 5.24. The Labute approximate surface area is 171 Å². The quantitative estimate of drug-likeness (QED) is 0.575. The van der Waals surface area contributed by atoms with E-state index in [4.69, 9.17) is 4.74 Å². The molecule has 154 valence electrons. The van der Waals surface area contributed by atoms with Crippen LogP contribution in [0.15, 0.2) is 29.2 Å². The number of hydrogen-bond donors (Lipinski definition) is 0. The topological polar surface area (TPSA) is 74.1 Å². The van der Waals surface area contributed by atoms with E-state index in [1.807, 2.05) is 32.0 Å². The van der Waals surface area contributed by atoms with Crippen molar-refractivity contribution in [2.45, 2.75) is 57.4 Å². The first-order valence-electron chi connectivity index (χ1n) is 10.1. The second kappa shape index (κ2) is 7.78. The Hall–Kier alpha value is -2.41. The molecule has 0 bridgehead atoms. The Kier molecular flexibility index (Phi) is 5.34. The van der Waals surface area contributed by atoms with E-state index >= 15 is 0 Å². The molecule has 0 spiro atoms. The highest BCUT2D eigenvalue weighted by Crippen LogP contribution is 2.33. The predicted molar refractivity (Wildman–Crippen MR) is 113 cm³/mol. The van der Waals surface area contributed by atoms with Crippen LogP contribution < -0.4 is 4.74 Å². The highest BCUT2D eigenvalue weighted by atomic mass is 32.2. The number of fused-ring (bicyclic) bond motifs is 3. The molecule has 1 aliphatic carbocycles. The standard InChI is InChI=1S/C22H27N3O3S/c1-15-13-16(2)24-22(23-15)28-12-6-11-25-20-8-5-4-7-18(20)19-14-17(29(3,26)27)9-10-21(19)25/h9-10,13-14H,4-8,11-12H2,1-3H3. The first kappa shape index (κ1) is 19.9. The Morgan fingerprint density at radius 2 is 1.79 bits per heavy atom. The van der Waals surface area contributed by atoms with Gasteiger partial charge in [0, 0.05) is 40.8 Å². The SMILES string of the molecule is Cc1cc(C)nc(OCCCn2c3c(c4cc(S(C)(=O)=O)ccc42)CCCC3)n1. The Balaban J connectivity index is 1.56. The number of rotatable bonds is 6. The minimum Gasteiger partial charge on any atom is -0.463 e. The highest BCUT2D eigenvalue weighted by molar-refractivity contribution is 7.90. The maximum Gasteiger partial charge on any atom is 0.316 e. The van der Waals surface area contributed by atoms with Gasteiger partial charge in [-0.15, -0.1) is 0 Å². The van der Waals surface area contributed by atoms with E-state index in [1.165, 1.54) is 23.9 Å². The average Bonchev–Trinajstić information content (AvgIpc) is 2.97. The minimum atomic E-state index is -3.21. The van der Waals surface area contributed by atoms with Crippen molar-refractivity contribution in [3.63, 3.8) is 0 Å². The van der Waals surface area contributed by atoms with Gasteiger partial charge in [0.2, 0.25) is 0 Å². The van der Waals surface area contributed by atoms with Gasteiger partial charge < -0.3 is 9.30 Å². The summed E-state index contributed by atoms with van der Waals surface area (Å²) < 4.78 is 32.1. The van der Waals surface area contributed by atoms with Crippen LogP contribution >= 0.6 is 0 Å². The van der Waals surface area contributed by atoms with Crippen molar-refractivity contribution in [2.75, 3.05) is 12.9 Å². The van der Waals surface area contributed by atoms with Gasteiger partial charge in [-0.25, -0.2) is 18.4 Å². The zero-order valence-electron chi connectivity index (χ0n) is 17.2. The van der Waals surface area contributed by atoms with Gasteiger partial charge in [0.05, 0.1) is 11.5 Å². The molecular formula is C22H27N3O3S. The molecule has 0 saturated carbocycles. The van der Waals surface area contributed by atoms with Crippen LogP contribution in [0.4, 0.5) is 0 Å². The number of nitrogens with zero attached hydrogens (tertiary/aromatic N) is 3. The molecule has 29 heavy (non-hydrogen) atoms. The molecule has 7 heteroatoms. The van der Waals surface area contributed by atoms with E-state index in [-0.39, 0.29) is 0 Å². The van der Waals surface area contributed by atoms with Gasteiger partial charge >= 0.3 is 6.01 Å². The molecule has 0 aliphatic heterocycles. The summed E-state index contributed by atoms with van der Waals surface area (Å²) in [5.41, 5.74) is 5.58. The fourth-order valence-corrected chi connectivity index (χ4v) is 4.89. The first-order chi connectivity index (χ1) is 13.8. The van der Waals surface area contributed by atoms with Crippen LogP contribution in [0.2, 0.25) is 0 Å². The number of ether oxygens (including phenoxy) is 1. The Bertz CT molecular complexity index is 1150. The number of hydrogen-bond acceptors (Lipinski definition) is 5. The first-order valence-corrected chi connectivity index (χ1v) is 12.0. The molecule has 0 unspecified atom stereocenters. The summed E-state index contributed by atoms with van der Waals surface area (Å²) in [5.74, 6) is 0. The summed E-state index contributed by atoms with van der Waals surface area (Å²) in [6.07, 6.45) is 6.49. The molecule has 0 amide bonds. The number of sulfone groups is 1. The fourth-order valence-electron chi connectivity index (χ4n) is 4.25. The van der Waals surface area contributed by atoms with Crippen molar-refractivity contribution in [1.29, 1.82) is 0 Å². The minimum absolute atomic E-state index is 0.394. The van der Waals surface area contributed by atoms with Crippen molar-refractivity contribution in [1.82, 2.24) is 14.5 Å². The number of aromatic nitrogens is 3. The Morgan fingerprint density at radius 3 is 2.52 bits per heavy atom. The van der Waals surface area contributed by atoms with Crippen molar-refractivity contribution >= 4 is 20.7 Å². The molecule has 6 nitrogen and oxygen atoms in total. The average molecular weight is 414 g/mol. The maximum atomic E-state index is 12.0. The van der Waals surface area contributed by atoms with Crippen LogP contribution in [0, 0.1) is 13.8 Å². The third-order valence-electron chi connectivity index (χ3n) is 5.50. The molecule has 1 aromatic carbocycles. The van der Waals surface area contributed by atoms with Gasteiger partial charge in [-0.1, -0.05) is 0 Å². The molecule has 3 aromatic rings. The molecule has 0 atom stereocenters. The highest BCUT2D eigenvalue weighted by Gasteiger charge is 2.21. The monoisotopic (exact) mass is 413 g/mol. The zero-order valence-corrected chi connectivity index (χ0v) is 18.1. The van der Waals surface area contributed by atoms with E-state index in [0.29, 0.717) is 17.5 Å². The fraction of sp³-hybridized carbons (Fsp3) is 0.455. The lowest BCUT2D eigenvalue weighted by atomic mass is 9.95. The third-order valence-corrected chi connectivity index (χ3v) is 6.61. The Morgan fingerprint density at radius 1 is 1.07 bits per heavy atom. The van der Waals surface area contributed by atoms with Gasteiger partial charge in [-0.3, -0.25) is 0 Å². The number of benzene rings is 1. The third kappa shape index (κ3) is 4.15. The zero-order chi connectivity index (χ0) is 20.6. The van der Waals surface area contributed by atoms with Gasteiger partial charge in [-0.2, -0.15) is 0 Å². The lowest BCUT2D eigenvalue weighted by molar-refractivity contribution is 0.278. The van der Waals surface area contributed by atoms with Crippen LogP contribution in [0.5, 0.6) is 6.01 Å². The molecule has 4 rings (SSSR count). The molecule has 0 fully saturated rings. The lowest BCUT2D eigenvalue weighted by Gasteiger charge is -2.16. The van der Waals surface area contributed by atoms with E-state index in [9.17, 15) is 8.42 Å². The van der Waals surface area contributed by atoms with Crippen molar-refractivity contribution in [3.8, 4) is 6.01 Å². The molecule has 0 saturated heterocycles. The normalized spacial score (nSPS) is 14.2.